The summed E-state index contributed by atoms with van der Waals surface area (Å²) < 4.78 is 0. The summed E-state index contributed by atoms with van der Waals surface area (Å²) in [6.07, 6.45) is 1.54. The Labute approximate surface area is 124 Å². The number of carbonyl (C=O) groups excluding carboxylic acids is 1. The smallest absolute Gasteiger partial charge is 0.254 e. The number of halogens is 1. The van der Waals surface area contributed by atoms with Crippen molar-refractivity contribution >= 4 is 17.5 Å². The lowest BCUT2D eigenvalue weighted by Gasteiger charge is -2.36. The molecule has 0 bridgehead atoms. The van der Waals surface area contributed by atoms with Gasteiger partial charge in [0.1, 0.15) is 5.15 Å². The number of hydrogen-bond acceptors (Lipinski definition) is 3. The van der Waals surface area contributed by atoms with Crippen LogP contribution in [0.2, 0.25) is 5.15 Å². The van der Waals surface area contributed by atoms with E-state index < -0.39 is 5.60 Å². The number of amides is 1. The zero-order chi connectivity index (χ0) is 14.9. The molecule has 4 nitrogen and oxygen atoms in total. The second-order valence-electron chi connectivity index (χ2n) is 6.09. The quantitative estimate of drug-likeness (QED) is 0.854. The molecule has 0 radical (unpaired) electrons. The van der Waals surface area contributed by atoms with Crippen molar-refractivity contribution in [2.24, 2.45) is 0 Å². The Balaban J connectivity index is 2.24. The third-order valence-corrected chi connectivity index (χ3v) is 3.81. The highest BCUT2D eigenvalue weighted by atomic mass is 35.5. The topological polar surface area (TPSA) is 53.4 Å². The van der Waals surface area contributed by atoms with Crippen LogP contribution in [0, 0.1) is 0 Å². The Hall–Kier alpha value is -1.13. The van der Waals surface area contributed by atoms with Crippen LogP contribution < -0.4 is 0 Å². The van der Waals surface area contributed by atoms with E-state index in [0.29, 0.717) is 23.8 Å². The van der Waals surface area contributed by atoms with Gasteiger partial charge in [0.25, 0.3) is 5.91 Å². The summed E-state index contributed by atoms with van der Waals surface area (Å²) in [5.74, 6) is 0.126. The van der Waals surface area contributed by atoms with Crippen LogP contribution in [-0.4, -0.2) is 39.6 Å². The first-order valence-corrected chi connectivity index (χ1v) is 7.35. The van der Waals surface area contributed by atoms with E-state index in [2.05, 4.69) is 4.98 Å². The van der Waals surface area contributed by atoms with Crippen LogP contribution >= 0.6 is 11.6 Å². The van der Waals surface area contributed by atoms with Gasteiger partial charge in [0.15, 0.2) is 0 Å². The van der Waals surface area contributed by atoms with E-state index >= 15 is 0 Å². The van der Waals surface area contributed by atoms with E-state index in [-0.39, 0.29) is 11.8 Å². The van der Waals surface area contributed by atoms with Gasteiger partial charge in [0.2, 0.25) is 0 Å². The number of hydrogen-bond donors (Lipinski definition) is 1. The molecule has 1 aliphatic rings. The summed E-state index contributed by atoms with van der Waals surface area (Å²) in [6.45, 7) is 6.83. The van der Waals surface area contributed by atoms with Gasteiger partial charge < -0.3 is 10.0 Å². The molecule has 0 spiro atoms. The minimum Gasteiger partial charge on any atom is -0.388 e. The Morgan fingerprint density at radius 3 is 2.80 bits per heavy atom. The third-order valence-electron chi connectivity index (χ3n) is 3.61. The SMILES string of the molecule is CC(C)c1cc(C(=O)N2CCCC(C)(O)C2)cc(Cl)n1. The van der Waals surface area contributed by atoms with Crippen LogP contribution in [0.4, 0.5) is 0 Å². The summed E-state index contributed by atoms with van der Waals surface area (Å²) in [4.78, 5) is 18.5. The number of carbonyl (C=O) groups is 1. The molecular weight excluding hydrogens is 276 g/mol. The summed E-state index contributed by atoms with van der Waals surface area (Å²) in [5, 5.41) is 10.4. The zero-order valence-corrected chi connectivity index (χ0v) is 12.9. The highest BCUT2D eigenvalue weighted by Crippen LogP contribution is 2.24. The standard InChI is InChI=1S/C15H21ClN2O2/c1-10(2)12-7-11(8-13(16)17-12)14(19)18-6-4-5-15(3,20)9-18/h7-8,10,20H,4-6,9H2,1-3H3. The van der Waals surface area contributed by atoms with Crippen LogP contribution in [0.25, 0.3) is 0 Å². The van der Waals surface area contributed by atoms with Gasteiger partial charge >= 0.3 is 0 Å². The van der Waals surface area contributed by atoms with Crippen molar-refractivity contribution in [2.75, 3.05) is 13.1 Å². The fraction of sp³-hybridized carbons (Fsp3) is 0.600. The maximum atomic E-state index is 12.5. The average molecular weight is 297 g/mol. The van der Waals surface area contributed by atoms with Gasteiger partial charge in [-0.05, 0) is 37.8 Å². The molecule has 20 heavy (non-hydrogen) atoms. The van der Waals surface area contributed by atoms with E-state index in [9.17, 15) is 9.90 Å². The van der Waals surface area contributed by atoms with Gasteiger partial charge in [-0.3, -0.25) is 4.79 Å². The average Bonchev–Trinajstić information content (AvgIpc) is 2.35. The van der Waals surface area contributed by atoms with Crippen LogP contribution in [0.1, 0.15) is 55.6 Å². The molecule has 1 fully saturated rings. The molecule has 1 aliphatic heterocycles. The summed E-state index contributed by atoms with van der Waals surface area (Å²) in [7, 11) is 0. The molecule has 0 aromatic carbocycles. The number of aliphatic hydroxyl groups is 1. The number of pyridine rings is 1. The van der Waals surface area contributed by atoms with Crippen molar-refractivity contribution in [1.82, 2.24) is 9.88 Å². The normalized spacial score (nSPS) is 23.2. The van der Waals surface area contributed by atoms with E-state index in [1.807, 2.05) is 13.8 Å². The van der Waals surface area contributed by atoms with Crippen LogP contribution in [-0.2, 0) is 0 Å². The maximum Gasteiger partial charge on any atom is 0.254 e. The molecule has 110 valence electrons. The highest BCUT2D eigenvalue weighted by Gasteiger charge is 2.31. The first-order valence-electron chi connectivity index (χ1n) is 6.98. The fourth-order valence-corrected chi connectivity index (χ4v) is 2.73. The summed E-state index contributed by atoms with van der Waals surface area (Å²) in [6, 6.07) is 3.39. The number of rotatable bonds is 2. The van der Waals surface area contributed by atoms with Gasteiger partial charge in [0.05, 0.1) is 5.60 Å². The second kappa shape index (κ2) is 5.70. The molecule has 0 saturated carbocycles. The predicted molar refractivity (Wildman–Crippen MR) is 79.1 cm³/mol. The van der Waals surface area contributed by atoms with Crippen molar-refractivity contribution in [3.8, 4) is 0 Å². The lowest BCUT2D eigenvalue weighted by Crippen LogP contribution is -2.48. The first kappa shape index (κ1) is 15.3. The zero-order valence-electron chi connectivity index (χ0n) is 12.2. The minimum absolute atomic E-state index is 0.0869. The fourth-order valence-electron chi connectivity index (χ4n) is 2.51. The first-order chi connectivity index (χ1) is 9.28. The Morgan fingerprint density at radius 2 is 2.20 bits per heavy atom. The molecule has 1 aromatic heterocycles. The lowest BCUT2D eigenvalue weighted by molar-refractivity contribution is -0.0107. The number of aromatic nitrogens is 1. The molecule has 1 atom stereocenters. The third kappa shape index (κ3) is 3.49. The molecule has 1 amide bonds. The molecule has 5 heteroatoms. The second-order valence-corrected chi connectivity index (χ2v) is 6.47. The summed E-state index contributed by atoms with van der Waals surface area (Å²) >= 11 is 6.00. The Kier molecular flexibility index (Phi) is 4.35. The molecule has 1 N–H and O–H groups in total. The van der Waals surface area contributed by atoms with Crippen LogP contribution in [0.3, 0.4) is 0 Å². The van der Waals surface area contributed by atoms with Gasteiger partial charge in [-0.2, -0.15) is 0 Å². The molecular formula is C15H21ClN2O2. The molecule has 1 aromatic rings. The molecule has 1 saturated heterocycles. The highest BCUT2D eigenvalue weighted by molar-refractivity contribution is 6.29. The van der Waals surface area contributed by atoms with Crippen LogP contribution in [0.5, 0.6) is 0 Å². The molecule has 0 aliphatic carbocycles. The van der Waals surface area contributed by atoms with Crippen molar-refractivity contribution in [3.05, 3.63) is 28.5 Å². The van der Waals surface area contributed by atoms with E-state index in [1.54, 1.807) is 24.0 Å². The van der Waals surface area contributed by atoms with Gasteiger partial charge in [-0.1, -0.05) is 25.4 Å². The van der Waals surface area contributed by atoms with E-state index in [0.717, 1.165) is 18.5 Å². The minimum atomic E-state index is -0.800. The number of likely N-dealkylation sites (tertiary alicyclic amines) is 1. The van der Waals surface area contributed by atoms with Crippen molar-refractivity contribution < 1.29 is 9.90 Å². The van der Waals surface area contributed by atoms with Crippen molar-refractivity contribution in [3.63, 3.8) is 0 Å². The van der Waals surface area contributed by atoms with E-state index in [4.69, 9.17) is 11.6 Å². The number of β-amino-alcohol motifs (C(OH)–C–C–N with tert-alkyl or cyclic N) is 1. The molecule has 1 unspecified atom stereocenters. The van der Waals surface area contributed by atoms with Crippen LogP contribution in [0.15, 0.2) is 12.1 Å². The molecule has 2 rings (SSSR count). The number of nitrogens with zero attached hydrogens (tertiary/aromatic N) is 2. The number of piperidine rings is 1. The van der Waals surface area contributed by atoms with Crippen molar-refractivity contribution in [1.29, 1.82) is 0 Å². The predicted octanol–water partition coefficient (Wildman–Crippen LogP) is 2.85. The van der Waals surface area contributed by atoms with Crippen molar-refractivity contribution in [2.45, 2.75) is 45.1 Å². The van der Waals surface area contributed by atoms with E-state index in [1.165, 1.54) is 0 Å². The molecule has 2 heterocycles. The summed E-state index contributed by atoms with van der Waals surface area (Å²) in [5.41, 5.74) is 0.557. The largest absolute Gasteiger partial charge is 0.388 e. The lowest BCUT2D eigenvalue weighted by atomic mass is 9.94. The Morgan fingerprint density at radius 1 is 1.50 bits per heavy atom. The van der Waals surface area contributed by atoms with Gasteiger partial charge in [-0.25, -0.2) is 4.98 Å². The Bertz CT molecular complexity index is 515. The maximum absolute atomic E-state index is 12.5. The monoisotopic (exact) mass is 296 g/mol. The van der Waals surface area contributed by atoms with Gasteiger partial charge in [-0.15, -0.1) is 0 Å². The van der Waals surface area contributed by atoms with Gasteiger partial charge in [0, 0.05) is 24.3 Å².